The highest BCUT2D eigenvalue weighted by Crippen LogP contribution is 2.41. The molecule has 0 saturated carbocycles. The number of nitrogens with zero attached hydrogens (tertiary/aromatic N) is 3. The molecule has 2 N–H and O–H groups in total. The molecule has 0 radical (unpaired) electrons. The number of urea groups is 1. The smallest absolute Gasteiger partial charge is 0.316 e. The van der Waals surface area contributed by atoms with Crippen LogP contribution in [0.3, 0.4) is 0 Å². The van der Waals surface area contributed by atoms with Crippen LogP contribution in [0.1, 0.15) is 17.5 Å². The number of hydrogen-bond acceptors (Lipinski definition) is 6. The lowest BCUT2D eigenvalue weighted by Crippen LogP contribution is -2.69. The summed E-state index contributed by atoms with van der Waals surface area (Å²) in [6.45, 7) is 1.99. The Morgan fingerprint density at radius 2 is 2.03 bits per heavy atom. The van der Waals surface area contributed by atoms with E-state index in [0.717, 1.165) is 16.8 Å². The Morgan fingerprint density at radius 1 is 1.20 bits per heavy atom. The van der Waals surface area contributed by atoms with Crippen molar-refractivity contribution in [2.45, 2.75) is 25.9 Å². The normalized spacial score (nSPS) is 24.6. The number of nitro benzene ring substituents is 1. The minimum absolute atomic E-state index is 0.0403. The number of non-ortho nitro benzene ring substituents is 1. The number of aryl methyl sites for hydroxylation is 1. The number of benzene rings is 2. The molecule has 2 aromatic carbocycles. The molecule has 0 spiro atoms. The number of aliphatic imine (C=N–C) groups is 1. The largest absolute Gasteiger partial charge is 0.323 e. The molecule has 0 bridgehead atoms. The Kier molecular flexibility index (Phi) is 4.05. The Bertz CT molecular complexity index is 1130. The summed E-state index contributed by atoms with van der Waals surface area (Å²) in [4.78, 5) is 42.2. The number of hydrogen-bond donors (Lipinski definition) is 2. The van der Waals surface area contributed by atoms with Gasteiger partial charge in [-0.1, -0.05) is 18.2 Å². The number of amides is 3. The van der Waals surface area contributed by atoms with Crippen molar-refractivity contribution in [2.75, 3.05) is 4.90 Å². The lowest BCUT2D eigenvalue weighted by Gasteiger charge is -2.48. The van der Waals surface area contributed by atoms with Gasteiger partial charge in [0.25, 0.3) is 5.69 Å². The predicted molar refractivity (Wildman–Crippen MR) is 110 cm³/mol. The lowest BCUT2D eigenvalue weighted by molar-refractivity contribution is -0.384. The molecule has 5 rings (SSSR count). The van der Waals surface area contributed by atoms with Gasteiger partial charge in [-0.2, -0.15) is 0 Å². The number of fused-ring (bicyclic) bond motifs is 3. The summed E-state index contributed by atoms with van der Waals surface area (Å²) in [6.07, 6.45) is 0.591. The van der Waals surface area contributed by atoms with Crippen LogP contribution in [-0.2, 0) is 11.2 Å². The first-order chi connectivity index (χ1) is 14.4. The Balaban J connectivity index is 1.68. The Labute approximate surface area is 171 Å². The average Bonchev–Trinajstić information content (AvgIpc) is 2.71. The molecule has 3 aliphatic heterocycles. The van der Waals surface area contributed by atoms with Crippen LogP contribution in [0.4, 0.5) is 21.9 Å². The molecular weight excluding hydrogens is 386 g/mol. The molecule has 3 unspecified atom stereocenters. The molecule has 0 aromatic heterocycles. The van der Waals surface area contributed by atoms with Crippen LogP contribution >= 0.6 is 0 Å². The van der Waals surface area contributed by atoms with Crippen LogP contribution in [0.5, 0.6) is 0 Å². The van der Waals surface area contributed by atoms with E-state index in [2.05, 4.69) is 16.7 Å². The van der Waals surface area contributed by atoms with E-state index in [4.69, 9.17) is 4.99 Å². The molecule has 9 nitrogen and oxygen atoms in total. The third-order valence-electron chi connectivity index (χ3n) is 5.92. The number of rotatable bonds is 2. The van der Waals surface area contributed by atoms with E-state index >= 15 is 0 Å². The van der Waals surface area contributed by atoms with E-state index in [1.165, 1.54) is 12.1 Å². The number of piperidine rings is 1. The molecule has 2 fully saturated rings. The van der Waals surface area contributed by atoms with Crippen LogP contribution in [0.15, 0.2) is 47.5 Å². The second-order valence-corrected chi connectivity index (χ2v) is 7.90. The van der Waals surface area contributed by atoms with Gasteiger partial charge in [0.15, 0.2) is 0 Å². The van der Waals surface area contributed by atoms with Crippen molar-refractivity contribution >= 4 is 34.8 Å². The first kappa shape index (κ1) is 18.3. The fourth-order valence-electron chi connectivity index (χ4n) is 4.56. The molecule has 9 heteroatoms. The lowest BCUT2D eigenvalue weighted by atomic mass is 9.79. The van der Waals surface area contributed by atoms with Gasteiger partial charge in [0.05, 0.1) is 22.2 Å². The highest BCUT2D eigenvalue weighted by molar-refractivity contribution is 6.08. The van der Waals surface area contributed by atoms with Crippen LogP contribution in [-0.4, -0.2) is 28.9 Å². The number of anilines is 1. The zero-order chi connectivity index (χ0) is 21.0. The van der Waals surface area contributed by atoms with Gasteiger partial charge in [0.2, 0.25) is 5.91 Å². The molecule has 152 valence electrons. The fraction of sp³-hybridized carbons (Fsp3) is 0.286. The second-order valence-electron chi connectivity index (χ2n) is 7.90. The minimum atomic E-state index is -0.658. The van der Waals surface area contributed by atoms with E-state index in [1.807, 2.05) is 19.1 Å². The predicted octanol–water partition coefficient (Wildman–Crippen LogP) is 2.80. The molecular formula is C21H19N5O4. The molecule has 3 aliphatic rings. The quantitative estimate of drug-likeness (QED) is 0.589. The first-order valence-electron chi connectivity index (χ1n) is 9.74. The SMILES string of the molecule is Cc1ccc2c(c1)N=C1C(C2)CC2C(=O)NC(=O)NC2N1c1cccc([N+](=O)[O-])c1. The zero-order valence-electron chi connectivity index (χ0n) is 16.2. The molecule has 2 saturated heterocycles. The van der Waals surface area contributed by atoms with Crippen LogP contribution in [0, 0.1) is 28.9 Å². The van der Waals surface area contributed by atoms with Crippen molar-refractivity contribution in [3.8, 4) is 0 Å². The van der Waals surface area contributed by atoms with Gasteiger partial charge in [-0.05, 0) is 43.0 Å². The van der Waals surface area contributed by atoms with E-state index in [9.17, 15) is 19.7 Å². The highest BCUT2D eigenvalue weighted by atomic mass is 16.6. The maximum absolute atomic E-state index is 12.6. The molecule has 3 heterocycles. The monoisotopic (exact) mass is 405 g/mol. The molecule has 30 heavy (non-hydrogen) atoms. The van der Waals surface area contributed by atoms with Gasteiger partial charge in [-0.25, -0.2) is 9.79 Å². The number of carbonyl (C=O) groups is 2. The number of nitro groups is 1. The first-order valence-corrected chi connectivity index (χ1v) is 9.74. The number of nitrogens with one attached hydrogen (secondary N) is 2. The maximum Gasteiger partial charge on any atom is 0.323 e. The van der Waals surface area contributed by atoms with Crippen LogP contribution in [0.2, 0.25) is 0 Å². The molecule has 3 atom stereocenters. The highest BCUT2D eigenvalue weighted by Gasteiger charge is 2.48. The minimum Gasteiger partial charge on any atom is -0.316 e. The maximum atomic E-state index is 12.6. The fourth-order valence-corrected chi connectivity index (χ4v) is 4.56. The van der Waals surface area contributed by atoms with Crippen molar-refractivity contribution < 1.29 is 14.5 Å². The zero-order valence-corrected chi connectivity index (χ0v) is 16.2. The molecule has 3 amide bonds. The van der Waals surface area contributed by atoms with E-state index < -0.39 is 23.0 Å². The number of imide groups is 1. The molecule has 2 aromatic rings. The van der Waals surface area contributed by atoms with Gasteiger partial charge >= 0.3 is 6.03 Å². The third-order valence-corrected chi connectivity index (χ3v) is 5.92. The summed E-state index contributed by atoms with van der Waals surface area (Å²) in [7, 11) is 0. The van der Waals surface area contributed by atoms with Gasteiger partial charge in [0.1, 0.15) is 12.0 Å². The van der Waals surface area contributed by atoms with Crippen LogP contribution < -0.4 is 15.5 Å². The van der Waals surface area contributed by atoms with Crippen molar-refractivity contribution in [1.82, 2.24) is 10.6 Å². The third kappa shape index (κ3) is 2.90. The van der Waals surface area contributed by atoms with E-state index in [0.29, 0.717) is 24.4 Å². The van der Waals surface area contributed by atoms with Gasteiger partial charge in [-0.15, -0.1) is 0 Å². The summed E-state index contributed by atoms with van der Waals surface area (Å²) in [5, 5.41) is 16.5. The summed E-state index contributed by atoms with van der Waals surface area (Å²) >= 11 is 0. The second kappa shape index (κ2) is 6.65. The van der Waals surface area contributed by atoms with E-state index in [-0.39, 0.29) is 17.5 Å². The summed E-state index contributed by atoms with van der Waals surface area (Å²) < 4.78 is 0. The van der Waals surface area contributed by atoms with Crippen molar-refractivity contribution in [3.63, 3.8) is 0 Å². The summed E-state index contributed by atoms with van der Waals surface area (Å²) in [5.74, 6) is -0.155. The Morgan fingerprint density at radius 3 is 2.83 bits per heavy atom. The number of carbonyl (C=O) groups excluding carboxylic acids is 2. The molecule has 0 aliphatic carbocycles. The van der Waals surface area contributed by atoms with Crippen molar-refractivity contribution in [2.24, 2.45) is 16.8 Å². The van der Waals surface area contributed by atoms with Crippen LogP contribution in [0.25, 0.3) is 0 Å². The van der Waals surface area contributed by atoms with Gasteiger partial charge in [-0.3, -0.25) is 20.2 Å². The standard InChI is InChI=1S/C21H19N5O4/c1-11-5-6-12-8-13-9-16-19(23-21(28)24-20(16)27)25(18(13)22-17(12)7-11)14-3-2-4-15(10-14)26(29)30/h2-7,10,13,16,19H,8-9H2,1H3,(H2,23,24,27,28). The summed E-state index contributed by atoms with van der Waals surface area (Å²) in [6, 6.07) is 11.7. The van der Waals surface area contributed by atoms with Crippen molar-refractivity contribution in [3.05, 3.63) is 63.7 Å². The van der Waals surface area contributed by atoms with E-state index in [1.54, 1.807) is 17.0 Å². The summed E-state index contributed by atoms with van der Waals surface area (Å²) in [5.41, 5.74) is 3.49. The average molecular weight is 405 g/mol. The number of amidine groups is 1. The van der Waals surface area contributed by atoms with Gasteiger partial charge < -0.3 is 10.2 Å². The topological polar surface area (TPSA) is 117 Å². The van der Waals surface area contributed by atoms with Crippen molar-refractivity contribution in [1.29, 1.82) is 0 Å². The van der Waals surface area contributed by atoms with Gasteiger partial charge in [0, 0.05) is 18.1 Å². The Hall–Kier alpha value is -3.75.